The van der Waals surface area contributed by atoms with Crippen LogP contribution in [0.25, 0.3) is 0 Å². The lowest BCUT2D eigenvalue weighted by Gasteiger charge is -2.29. The van der Waals surface area contributed by atoms with Crippen LogP contribution >= 0.6 is 0 Å². The molecule has 0 bridgehead atoms. The first-order valence-corrected chi connectivity index (χ1v) is 7.14. The number of nitrogen functional groups attached to an aromatic ring is 1. The van der Waals surface area contributed by atoms with Gasteiger partial charge < -0.3 is 20.1 Å². The Morgan fingerprint density at radius 3 is 2.10 bits per heavy atom. The Labute approximate surface area is 127 Å². The fourth-order valence-electron chi connectivity index (χ4n) is 2.16. The second-order valence-electron chi connectivity index (χ2n) is 5.74. The zero-order chi connectivity index (χ0) is 16.2. The van der Waals surface area contributed by atoms with Crippen molar-refractivity contribution in [3.05, 3.63) is 17.7 Å². The fourth-order valence-corrected chi connectivity index (χ4v) is 2.16. The molecule has 0 aliphatic carbocycles. The van der Waals surface area contributed by atoms with Gasteiger partial charge in [0.1, 0.15) is 0 Å². The molecule has 21 heavy (non-hydrogen) atoms. The highest BCUT2D eigenvalue weighted by Crippen LogP contribution is 2.32. The first-order valence-electron chi connectivity index (χ1n) is 7.14. The summed E-state index contributed by atoms with van der Waals surface area (Å²) in [5.41, 5.74) is 6.85. The van der Waals surface area contributed by atoms with Crippen molar-refractivity contribution in [2.75, 3.05) is 26.5 Å². The first-order chi connectivity index (χ1) is 9.81. The van der Waals surface area contributed by atoms with Gasteiger partial charge in [0.05, 0.1) is 19.8 Å². The van der Waals surface area contributed by atoms with Crippen molar-refractivity contribution >= 4 is 11.6 Å². The van der Waals surface area contributed by atoms with Crippen molar-refractivity contribution in [2.24, 2.45) is 5.92 Å². The molecule has 0 spiro atoms. The van der Waals surface area contributed by atoms with Crippen LogP contribution in [0.5, 0.6) is 11.5 Å². The van der Waals surface area contributed by atoms with Crippen LogP contribution in [0.15, 0.2) is 12.1 Å². The predicted octanol–water partition coefficient (Wildman–Crippen LogP) is 2.79. The largest absolute Gasteiger partial charge is 0.493 e. The van der Waals surface area contributed by atoms with Crippen LogP contribution in [0.1, 0.15) is 38.1 Å². The number of hydrogen-bond donors (Lipinski definition) is 1. The zero-order valence-corrected chi connectivity index (χ0v) is 13.8. The molecule has 0 aromatic heterocycles. The number of anilines is 1. The van der Waals surface area contributed by atoms with E-state index >= 15 is 0 Å². The van der Waals surface area contributed by atoms with Gasteiger partial charge in [0.2, 0.25) is 0 Å². The van der Waals surface area contributed by atoms with E-state index in [1.165, 1.54) is 14.2 Å². The molecule has 118 valence electrons. The van der Waals surface area contributed by atoms with E-state index in [-0.39, 0.29) is 11.9 Å². The number of nitrogens with two attached hydrogens (primary N) is 1. The molecule has 0 saturated carbocycles. The van der Waals surface area contributed by atoms with Gasteiger partial charge in [-0.1, -0.05) is 13.8 Å². The quantitative estimate of drug-likeness (QED) is 0.819. The highest BCUT2D eigenvalue weighted by molar-refractivity contribution is 6.00. The van der Waals surface area contributed by atoms with Gasteiger partial charge in [0.25, 0.3) is 5.91 Å². The molecule has 0 atom stereocenters. The summed E-state index contributed by atoms with van der Waals surface area (Å²) in [5.74, 6) is 1.32. The van der Waals surface area contributed by atoms with E-state index in [9.17, 15) is 4.79 Å². The fraction of sp³-hybridized carbons (Fsp3) is 0.562. The molecule has 0 heterocycles. The van der Waals surface area contributed by atoms with Gasteiger partial charge in [-0.05, 0) is 25.8 Å². The van der Waals surface area contributed by atoms with Gasteiger partial charge in [0, 0.05) is 24.3 Å². The van der Waals surface area contributed by atoms with E-state index < -0.39 is 0 Å². The second kappa shape index (κ2) is 7.20. The molecule has 1 rings (SSSR count). The van der Waals surface area contributed by atoms with Crippen molar-refractivity contribution in [2.45, 2.75) is 33.7 Å². The van der Waals surface area contributed by atoms with Gasteiger partial charge >= 0.3 is 0 Å². The molecule has 1 aromatic carbocycles. The van der Waals surface area contributed by atoms with E-state index in [1.807, 2.05) is 18.7 Å². The Bertz CT molecular complexity index is 499. The van der Waals surface area contributed by atoms with Crippen molar-refractivity contribution in [1.82, 2.24) is 4.90 Å². The molecule has 5 nitrogen and oxygen atoms in total. The number of ether oxygens (including phenoxy) is 2. The Kier molecular flexibility index (Phi) is 5.88. The lowest BCUT2D eigenvalue weighted by atomic mass is 10.1. The summed E-state index contributed by atoms with van der Waals surface area (Å²) in [6, 6.07) is 3.37. The maximum absolute atomic E-state index is 12.8. The molecule has 0 radical (unpaired) electrons. The average molecular weight is 294 g/mol. The second-order valence-corrected chi connectivity index (χ2v) is 5.74. The monoisotopic (exact) mass is 294 g/mol. The number of nitrogens with zero attached hydrogens (tertiary/aromatic N) is 1. The summed E-state index contributed by atoms with van der Waals surface area (Å²) >= 11 is 0. The number of methoxy groups -OCH3 is 2. The van der Waals surface area contributed by atoms with Crippen molar-refractivity contribution in [1.29, 1.82) is 0 Å². The van der Waals surface area contributed by atoms with E-state index in [4.69, 9.17) is 15.2 Å². The predicted molar refractivity (Wildman–Crippen MR) is 85.0 cm³/mol. The number of hydrogen-bond acceptors (Lipinski definition) is 4. The summed E-state index contributed by atoms with van der Waals surface area (Å²) in [6.45, 7) is 8.85. The van der Waals surface area contributed by atoms with E-state index in [1.54, 1.807) is 12.1 Å². The summed E-state index contributed by atoms with van der Waals surface area (Å²) in [6.07, 6.45) is 0. The van der Waals surface area contributed by atoms with Crippen LogP contribution in [-0.2, 0) is 0 Å². The molecule has 0 fully saturated rings. The van der Waals surface area contributed by atoms with Crippen LogP contribution in [-0.4, -0.2) is 37.6 Å². The number of amides is 1. The van der Waals surface area contributed by atoms with E-state index in [0.717, 1.165) is 0 Å². The molecule has 5 heteroatoms. The maximum atomic E-state index is 12.8. The third kappa shape index (κ3) is 4.03. The minimum Gasteiger partial charge on any atom is -0.493 e. The smallest absolute Gasteiger partial charge is 0.256 e. The van der Waals surface area contributed by atoms with E-state index in [0.29, 0.717) is 35.2 Å². The minimum atomic E-state index is -0.0860. The molecular formula is C16H26N2O3. The van der Waals surface area contributed by atoms with Gasteiger partial charge in [-0.15, -0.1) is 0 Å². The van der Waals surface area contributed by atoms with Gasteiger partial charge in [-0.2, -0.15) is 0 Å². The van der Waals surface area contributed by atoms with Crippen LogP contribution < -0.4 is 15.2 Å². The van der Waals surface area contributed by atoms with Gasteiger partial charge in [-0.3, -0.25) is 4.79 Å². The number of carbonyl (C=O) groups is 1. The summed E-state index contributed by atoms with van der Waals surface area (Å²) < 4.78 is 10.4. The number of rotatable bonds is 6. The molecular weight excluding hydrogens is 268 g/mol. The van der Waals surface area contributed by atoms with E-state index in [2.05, 4.69) is 13.8 Å². The van der Waals surface area contributed by atoms with Crippen molar-refractivity contribution < 1.29 is 14.3 Å². The van der Waals surface area contributed by atoms with Crippen LogP contribution in [0, 0.1) is 5.92 Å². The molecule has 0 aliphatic rings. The summed E-state index contributed by atoms with van der Waals surface area (Å²) in [5, 5.41) is 0. The lowest BCUT2D eigenvalue weighted by molar-refractivity contribution is 0.0682. The molecule has 0 saturated heterocycles. The molecule has 2 N–H and O–H groups in total. The topological polar surface area (TPSA) is 64.8 Å². The Hall–Kier alpha value is -1.91. The Balaban J connectivity index is 3.21. The van der Waals surface area contributed by atoms with Crippen molar-refractivity contribution in [3.8, 4) is 11.5 Å². The zero-order valence-electron chi connectivity index (χ0n) is 13.8. The maximum Gasteiger partial charge on any atom is 0.256 e. The lowest BCUT2D eigenvalue weighted by Crippen LogP contribution is -2.39. The molecule has 0 aliphatic heterocycles. The van der Waals surface area contributed by atoms with Gasteiger partial charge in [0.15, 0.2) is 11.5 Å². The van der Waals surface area contributed by atoms with Crippen LogP contribution in [0.3, 0.4) is 0 Å². The standard InChI is InChI=1S/C16H26N2O3/c1-10(2)9-18(11(3)4)16(19)12-7-14(20-5)15(21-6)8-13(12)17/h7-8,10-11H,9,17H2,1-6H3. The molecule has 1 aromatic rings. The highest BCUT2D eigenvalue weighted by Gasteiger charge is 2.23. The molecule has 0 unspecified atom stereocenters. The highest BCUT2D eigenvalue weighted by atomic mass is 16.5. The summed E-state index contributed by atoms with van der Waals surface area (Å²) in [4.78, 5) is 14.6. The Morgan fingerprint density at radius 1 is 1.14 bits per heavy atom. The normalized spacial score (nSPS) is 10.9. The van der Waals surface area contributed by atoms with Crippen LogP contribution in [0.4, 0.5) is 5.69 Å². The third-order valence-electron chi connectivity index (χ3n) is 3.23. The SMILES string of the molecule is COc1cc(N)c(C(=O)N(CC(C)C)C(C)C)cc1OC. The number of benzene rings is 1. The van der Waals surface area contributed by atoms with Crippen molar-refractivity contribution in [3.63, 3.8) is 0 Å². The first kappa shape index (κ1) is 17.1. The summed E-state index contributed by atoms with van der Waals surface area (Å²) in [7, 11) is 3.08. The average Bonchev–Trinajstić information content (AvgIpc) is 2.43. The van der Waals surface area contributed by atoms with Gasteiger partial charge in [-0.25, -0.2) is 0 Å². The Morgan fingerprint density at radius 2 is 1.67 bits per heavy atom. The molecule has 1 amide bonds. The minimum absolute atomic E-state index is 0.0860. The van der Waals surface area contributed by atoms with Crippen LogP contribution in [0.2, 0.25) is 0 Å². The third-order valence-corrected chi connectivity index (χ3v) is 3.23. The number of carbonyl (C=O) groups excluding carboxylic acids is 1.